The average molecular weight is 286 g/mol. The third kappa shape index (κ3) is 3.25. The zero-order valence-electron chi connectivity index (χ0n) is 12.3. The number of nitrogen functional groups attached to an aromatic ring is 1. The zero-order valence-corrected chi connectivity index (χ0v) is 12.3. The molecular weight excluding hydrogens is 268 g/mol. The maximum Gasteiger partial charge on any atom is 0.340 e. The Morgan fingerprint density at radius 2 is 1.90 bits per heavy atom. The quantitative estimate of drug-likeness (QED) is 0.667. The number of carbonyl (C=O) groups is 1. The molecule has 3 N–H and O–H groups in total. The number of hydrogen-bond donors (Lipinski definition) is 2. The normalized spacial score (nSPS) is 10.0. The molecule has 0 saturated carbocycles. The molecule has 0 amide bonds. The van der Waals surface area contributed by atoms with Crippen LogP contribution in [-0.2, 0) is 4.74 Å². The molecule has 0 aromatic heterocycles. The van der Waals surface area contributed by atoms with E-state index in [9.17, 15) is 4.79 Å². The first kappa shape index (κ1) is 14.7. The second kappa shape index (κ2) is 6.17. The predicted molar refractivity (Wildman–Crippen MR) is 83.2 cm³/mol. The van der Waals surface area contributed by atoms with Crippen LogP contribution in [0.5, 0.6) is 5.75 Å². The van der Waals surface area contributed by atoms with Gasteiger partial charge in [-0.25, -0.2) is 4.79 Å². The summed E-state index contributed by atoms with van der Waals surface area (Å²) in [4.78, 5) is 11.8. The van der Waals surface area contributed by atoms with Crippen molar-refractivity contribution in [1.82, 2.24) is 0 Å². The van der Waals surface area contributed by atoms with Crippen LogP contribution in [0.2, 0.25) is 0 Å². The topological polar surface area (TPSA) is 73.6 Å². The van der Waals surface area contributed by atoms with Gasteiger partial charge in [-0.05, 0) is 48.9 Å². The Bertz CT molecular complexity index is 669. The summed E-state index contributed by atoms with van der Waals surface area (Å²) in [6.45, 7) is 1.95. The van der Waals surface area contributed by atoms with Gasteiger partial charge >= 0.3 is 5.97 Å². The number of carbonyl (C=O) groups excluding carboxylic acids is 1. The number of nitrogens with two attached hydrogens (primary N) is 1. The van der Waals surface area contributed by atoms with Crippen molar-refractivity contribution in [1.29, 1.82) is 0 Å². The summed E-state index contributed by atoms with van der Waals surface area (Å²) in [5, 5.41) is 3.20. The third-order valence-corrected chi connectivity index (χ3v) is 3.12. The Hall–Kier alpha value is -2.69. The van der Waals surface area contributed by atoms with Crippen LogP contribution in [0, 0.1) is 6.92 Å². The van der Waals surface area contributed by atoms with E-state index in [1.165, 1.54) is 7.11 Å². The maximum absolute atomic E-state index is 11.8. The highest BCUT2D eigenvalue weighted by molar-refractivity contribution is 5.97. The van der Waals surface area contributed by atoms with Crippen molar-refractivity contribution >= 4 is 23.0 Å². The smallest absolute Gasteiger partial charge is 0.340 e. The Labute approximate surface area is 123 Å². The fourth-order valence-corrected chi connectivity index (χ4v) is 2.06. The highest BCUT2D eigenvalue weighted by Crippen LogP contribution is 2.27. The SMILES string of the molecule is COC(=O)c1cc(N)ccc1Nc1ccc(OC)c(C)c1. The Morgan fingerprint density at radius 3 is 2.52 bits per heavy atom. The molecule has 0 saturated heterocycles. The Kier molecular flexibility index (Phi) is 4.33. The van der Waals surface area contributed by atoms with Gasteiger partial charge < -0.3 is 20.5 Å². The van der Waals surface area contributed by atoms with Crippen molar-refractivity contribution in [3.63, 3.8) is 0 Å². The lowest BCUT2D eigenvalue weighted by Gasteiger charge is -2.13. The van der Waals surface area contributed by atoms with Gasteiger partial charge in [0, 0.05) is 11.4 Å². The Morgan fingerprint density at radius 1 is 1.14 bits per heavy atom. The van der Waals surface area contributed by atoms with Crippen molar-refractivity contribution < 1.29 is 14.3 Å². The van der Waals surface area contributed by atoms with E-state index in [0.29, 0.717) is 16.9 Å². The van der Waals surface area contributed by atoms with Crippen molar-refractivity contribution in [3.8, 4) is 5.75 Å². The first-order valence-electron chi connectivity index (χ1n) is 6.44. The fourth-order valence-electron chi connectivity index (χ4n) is 2.06. The molecular formula is C16H18N2O3. The summed E-state index contributed by atoms with van der Waals surface area (Å²) >= 11 is 0. The van der Waals surface area contributed by atoms with Gasteiger partial charge in [0.1, 0.15) is 5.75 Å². The lowest BCUT2D eigenvalue weighted by atomic mass is 10.1. The zero-order chi connectivity index (χ0) is 15.4. The van der Waals surface area contributed by atoms with Crippen LogP contribution >= 0.6 is 0 Å². The number of benzene rings is 2. The number of rotatable bonds is 4. The van der Waals surface area contributed by atoms with Gasteiger partial charge in [-0.3, -0.25) is 0 Å². The Balaban J connectivity index is 2.35. The van der Waals surface area contributed by atoms with Crippen LogP contribution in [-0.4, -0.2) is 20.2 Å². The predicted octanol–water partition coefficient (Wildman–Crippen LogP) is 3.12. The first-order chi connectivity index (χ1) is 10.0. The van der Waals surface area contributed by atoms with Crippen LogP contribution in [0.15, 0.2) is 36.4 Å². The number of aryl methyl sites for hydroxylation is 1. The first-order valence-corrected chi connectivity index (χ1v) is 6.44. The van der Waals surface area contributed by atoms with E-state index < -0.39 is 5.97 Å². The molecule has 0 fully saturated rings. The lowest BCUT2D eigenvalue weighted by Crippen LogP contribution is -2.06. The van der Waals surface area contributed by atoms with Gasteiger partial charge in [-0.1, -0.05) is 0 Å². The van der Waals surface area contributed by atoms with Gasteiger partial charge in [-0.2, -0.15) is 0 Å². The molecule has 2 rings (SSSR count). The van der Waals surface area contributed by atoms with Gasteiger partial charge in [0.15, 0.2) is 0 Å². The molecule has 0 aliphatic heterocycles. The molecule has 0 aliphatic rings. The van der Waals surface area contributed by atoms with Crippen LogP contribution in [0.4, 0.5) is 17.1 Å². The summed E-state index contributed by atoms with van der Waals surface area (Å²) in [7, 11) is 2.97. The monoisotopic (exact) mass is 286 g/mol. The minimum atomic E-state index is -0.435. The molecule has 2 aromatic rings. The summed E-state index contributed by atoms with van der Waals surface area (Å²) < 4.78 is 10.0. The molecule has 5 heteroatoms. The summed E-state index contributed by atoms with van der Waals surface area (Å²) in [5.74, 6) is 0.376. The van der Waals surface area contributed by atoms with Crippen LogP contribution < -0.4 is 15.8 Å². The number of hydrogen-bond acceptors (Lipinski definition) is 5. The van der Waals surface area contributed by atoms with Gasteiger partial charge in [-0.15, -0.1) is 0 Å². The summed E-state index contributed by atoms with van der Waals surface area (Å²) in [6.07, 6.45) is 0. The molecule has 5 nitrogen and oxygen atoms in total. The second-order valence-electron chi connectivity index (χ2n) is 4.61. The van der Waals surface area contributed by atoms with E-state index >= 15 is 0 Å². The van der Waals surface area contributed by atoms with Crippen LogP contribution in [0.1, 0.15) is 15.9 Å². The molecule has 0 heterocycles. The molecule has 0 atom stereocenters. The molecule has 110 valence electrons. The number of methoxy groups -OCH3 is 2. The minimum Gasteiger partial charge on any atom is -0.496 e. The van der Waals surface area contributed by atoms with E-state index in [-0.39, 0.29) is 0 Å². The molecule has 0 bridgehead atoms. The van der Waals surface area contributed by atoms with E-state index in [2.05, 4.69) is 5.32 Å². The number of ether oxygens (including phenoxy) is 2. The number of nitrogens with one attached hydrogen (secondary N) is 1. The third-order valence-electron chi connectivity index (χ3n) is 3.12. The van der Waals surface area contributed by atoms with E-state index in [1.807, 2.05) is 25.1 Å². The highest BCUT2D eigenvalue weighted by atomic mass is 16.5. The van der Waals surface area contributed by atoms with E-state index in [1.54, 1.807) is 25.3 Å². The second-order valence-corrected chi connectivity index (χ2v) is 4.61. The lowest BCUT2D eigenvalue weighted by molar-refractivity contribution is 0.0602. The summed E-state index contributed by atoms with van der Waals surface area (Å²) in [6, 6.07) is 10.8. The van der Waals surface area contributed by atoms with Gasteiger partial charge in [0.25, 0.3) is 0 Å². The molecule has 0 spiro atoms. The van der Waals surface area contributed by atoms with Gasteiger partial charge in [0.05, 0.1) is 25.5 Å². The molecule has 2 aromatic carbocycles. The number of anilines is 3. The van der Waals surface area contributed by atoms with Crippen LogP contribution in [0.3, 0.4) is 0 Å². The highest BCUT2D eigenvalue weighted by Gasteiger charge is 2.12. The van der Waals surface area contributed by atoms with Crippen molar-refractivity contribution in [2.24, 2.45) is 0 Å². The minimum absolute atomic E-state index is 0.394. The molecule has 0 aliphatic carbocycles. The molecule has 0 unspecified atom stereocenters. The van der Waals surface area contributed by atoms with Crippen molar-refractivity contribution in [2.75, 3.05) is 25.3 Å². The van der Waals surface area contributed by atoms with Gasteiger partial charge in [0.2, 0.25) is 0 Å². The molecule has 21 heavy (non-hydrogen) atoms. The average Bonchev–Trinajstić information content (AvgIpc) is 2.48. The van der Waals surface area contributed by atoms with Crippen molar-refractivity contribution in [3.05, 3.63) is 47.5 Å². The maximum atomic E-state index is 11.8. The molecule has 0 radical (unpaired) electrons. The number of esters is 1. The van der Waals surface area contributed by atoms with Crippen molar-refractivity contribution in [2.45, 2.75) is 6.92 Å². The fraction of sp³-hybridized carbons (Fsp3) is 0.188. The largest absolute Gasteiger partial charge is 0.496 e. The summed E-state index contributed by atoms with van der Waals surface area (Å²) in [5.41, 5.74) is 9.11. The standard InChI is InChI=1S/C16H18N2O3/c1-10-8-12(5-7-15(10)20-2)18-14-6-4-11(17)9-13(14)16(19)21-3/h4-9,18H,17H2,1-3H3. The van der Waals surface area contributed by atoms with E-state index in [4.69, 9.17) is 15.2 Å². The van der Waals surface area contributed by atoms with E-state index in [0.717, 1.165) is 17.0 Å². The van der Waals surface area contributed by atoms with Crippen LogP contribution in [0.25, 0.3) is 0 Å².